The van der Waals surface area contributed by atoms with Crippen LogP contribution in [0.25, 0.3) is 11.2 Å². The first-order valence-electron chi connectivity index (χ1n) is 6.08. The number of pyridine rings is 1. The molecule has 0 saturated heterocycles. The van der Waals surface area contributed by atoms with E-state index in [0.717, 1.165) is 17.6 Å². The van der Waals surface area contributed by atoms with E-state index in [-0.39, 0.29) is 0 Å². The highest BCUT2D eigenvalue weighted by Crippen LogP contribution is 2.16. The SMILES string of the molecule is C=CCCOCCn1c(=S)[nH]c2ccc(OC)nc21. The largest absolute Gasteiger partial charge is 0.481 e. The number of hydrogen-bond donors (Lipinski definition) is 1. The normalized spacial score (nSPS) is 10.8. The highest BCUT2D eigenvalue weighted by Gasteiger charge is 2.07. The highest BCUT2D eigenvalue weighted by molar-refractivity contribution is 7.71. The molecule has 0 amide bonds. The van der Waals surface area contributed by atoms with Gasteiger partial charge in [-0.25, -0.2) is 0 Å². The molecule has 0 spiro atoms. The van der Waals surface area contributed by atoms with Crippen molar-refractivity contribution in [2.45, 2.75) is 13.0 Å². The molecular weight excluding hydrogens is 262 g/mol. The Kier molecular flexibility index (Phi) is 4.70. The number of H-pyrrole nitrogens is 1. The molecule has 2 aromatic heterocycles. The molecule has 102 valence electrons. The van der Waals surface area contributed by atoms with E-state index >= 15 is 0 Å². The fraction of sp³-hybridized carbons (Fsp3) is 0.385. The standard InChI is InChI=1S/C13H17N3O2S/c1-3-4-8-18-9-7-16-12-10(14-13(16)19)5-6-11(15-12)17-2/h3,5-6H,1,4,7-9H2,2H3,(H,14,19). The smallest absolute Gasteiger partial charge is 0.215 e. The number of nitrogens with zero attached hydrogens (tertiary/aromatic N) is 2. The summed E-state index contributed by atoms with van der Waals surface area (Å²) < 4.78 is 13.2. The Bertz CT molecular complexity index is 618. The van der Waals surface area contributed by atoms with Crippen molar-refractivity contribution in [3.8, 4) is 5.88 Å². The molecule has 0 aliphatic heterocycles. The number of rotatable bonds is 7. The van der Waals surface area contributed by atoms with Crippen LogP contribution in [0, 0.1) is 4.77 Å². The monoisotopic (exact) mass is 279 g/mol. The summed E-state index contributed by atoms with van der Waals surface area (Å²) >= 11 is 5.29. The summed E-state index contributed by atoms with van der Waals surface area (Å²) in [5.74, 6) is 0.572. The molecule has 0 saturated carbocycles. The second-order valence-corrected chi connectivity index (χ2v) is 4.38. The minimum absolute atomic E-state index is 0.572. The van der Waals surface area contributed by atoms with Crippen LogP contribution in [0.1, 0.15) is 6.42 Å². The Hall–Kier alpha value is -1.66. The van der Waals surface area contributed by atoms with E-state index < -0.39 is 0 Å². The highest BCUT2D eigenvalue weighted by atomic mass is 32.1. The van der Waals surface area contributed by atoms with Gasteiger partial charge in [-0.15, -0.1) is 6.58 Å². The van der Waals surface area contributed by atoms with Gasteiger partial charge in [-0.2, -0.15) is 4.98 Å². The Morgan fingerprint density at radius 3 is 3.05 bits per heavy atom. The molecule has 2 aromatic rings. The predicted octanol–water partition coefficient (Wildman–Crippen LogP) is 2.70. The molecule has 1 N–H and O–H groups in total. The van der Waals surface area contributed by atoms with E-state index in [0.29, 0.717) is 30.4 Å². The molecule has 0 radical (unpaired) electrons. The molecule has 6 heteroatoms. The lowest BCUT2D eigenvalue weighted by Gasteiger charge is -2.05. The maximum atomic E-state index is 5.50. The summed E-state index contributed by atoms with van der Waals surface area (Å²) in [6.07, 6.45) is 2.69. The number of aromatic amines is 1. The van der Waals surface area contributed by atoms with Gasteiger partial charge in [0.1, 0.15) is 0 Å². The van der Waals surface area contributed by atoms with Crippen LogP contribution in [-0.4, -0.2) is 34.9 Å². The average molecular weight is 279 g/mol. The molecule has 5 nitrogen and oxygen atoms in total. The van der Waals surface area contributed by atoms with Crippen molar-refractivity contribution >= 4 is 23.4 Å². The zero-order chi connectivity index (χ0) is 13.7. The van der Waals surface area contributed by atoms with Crippen LogP contribution in [0.4, 0.5) is 0 Å². The maximum absolute atomic E-state index is 5.50. The van der Waals surface area contributed by atoms with E-state index in [2.05, 4.69) is 16.5 Å². The average Bonchev–Trinajstić information content (AvgIpc) is 2.74. The molecule has 2 heterocycles. The summed E-state index contributed by atoms with van der Waals surface area (Å²) in [4.78, 5) is 7.52. The van der Waals surface area contributed by atoms with Crippen LogP contribution in [0.15, 0.2) is 24.8 Å². The molecule has 0 aliphatic rings. The molecule has 19 heavy (non-hydrogen) atoms. The van der Waals surface area contributed by atoms with E-state index in [4.69, 9.17) is 21.7 Å². The van der Waals surface area contributed by atoms with Crippen molar-refractivity contribution in [3.63, 3.8) is 0 Å². The number of fused-ring (bicyclic) bond motifs is 1. The third-order valence-electron chi connectivity index (χ3n) is 2.73. The third-order valence-corrected chi connectivity index (χ3v) is 3.05. The molecular formula is C13H17N3O2S. The van der Waals surface area contributed by atoms with Gasteiger partial charge >= 0.3 is 0 Å². The minimum Gasteiger partial charge on any atom is -0.481 e. The van der Waals surface area contributed by atoms with Gasteiger partial charge in [0.05, 0.1) is 32.4 Å². The predicted molar refractivity (Wildman–Crippen MR) is 77.1 cm³/mol. The summed E-state index contributed by atoms with van der Waals surface area (Å²) in [5.41, 5.74) is 1.69. The van der Waals surface area contributed by atoms with Gasteiger partial charge in [0.25, 0.3) is 0 Å². The van der Waals surface area contributed by atoms with Gasteiger partial charge in [-0.05, 0) is 24.7 Å². The lowest BCUT2D eigenvalue weighted by molar-refractivity contribution is 0.131. The Balaban J connectivity index is 2.14. The lowest BCUT2D eigenvalue weighted by atomic mass is 10.4. The van der Waals surface area contributed by atoms with Crippen molar-refractivity contribution in [2.75, 3.05) is 20.3 Å². The number of imidazole rings is 1. The third kappa shape index (κ3) is 3.21. The molecule has 0 aromatic carbocycles. The Labute approximate surface area is 116 Å². The Morgan fingerprint density at radius 2 is 2.32 bits per heavy atom. The van der Waals surface area contributed by atoms with Gasteiger partial charge in [-0.3, -0.25) is 4.57 Å². The van der Waals surface area contributed by atoms with Crippen molar-refractivity contribution in [1.29, 1.82) is 0 Å². The fourth-order valence-corrected chi connectivity index (χ4v) is 2.05. The van der Waals surface area contributed by atoms with Crippen molar-refractivity contribution in [3.05, 3.63) is 29.6 Å². The molecule has 0 atom stereocenters. The number of ether oxygens (including phenoxy) is 2. The molecule has 0 fully saturated rings. The topological polar surface area (TPSA) is 52.1 Å². The first kappa shape index (κ1) is 13.8. The van der Waals surface area contributed by atoms with Gasteiger partial charge in [-0.1, -0.05) is 6.08 Å². The van der Waals surface area contributed by atoms with E-state index in [9.17, 15) is 0 Å². The first-order chi connectivity index (χ1) is 9.26. The first-order valence-corrected chi connectivity index (χ1v) is 6.49. The molecule has 0 aliphatic carbocycles. The van der Waals surface area contributed by atoms with Crippen molar-refractivity contribution in [2.24, 2.45) is 0 Å². The summed E-state index contributed by atoms with van der Waals surface area (Å²) in [6.45, 7) is 5.58. The van der Waals surface area contributed by atoms with Crippen LogP contribution < -0.4 is 4.74 Å². The van der Waals surface area contributed by atoms with Crippen LogP contribution in [0.5, 0.6) is 5.88 Å². The zero-order valence-electron chi connectivity index (χ0n) is 10.9. The number of aromatic nitrogens is 3. The second kappa shape index (κ2) is 6.49. The molecule has 0 bridgehead atoms. The van der Waals surface area contributed by atoms with Crippen LogP contribution in [0.3, 0.4) is 0 Å². The summed E-state index contributed by atoms with van der Waals surface area (Å²) in [6, 6.07) is 3.71. The van der Waals surface area contributed by atoms with Gasteiger partial charge < -0.3 is 14.5 Å². The van der Waals surface area contributed by atoms with Gasteiger partial charge in [0, 0.05) is 6.07 Å². The summed E-state index contributed by atoms with van der Waals surface area (Å²) in [5, 5.41) is 0. The Morgan fingerprint density at radius 1 is 1.47 bits per heavy atom. The molecule has 0 unspecified atom stereocenters. The summed E-state index contributed by atoms with van der Waals surface area (Å²) in [7, 11) is 1.60. The molecule has 2 rings (SSSR count). The number of methoxy groups -OCH3 is 1. The van der Waals surface area contributed by atoms with Crippen LogP contribution in [0.2, 0.25) is 0 Å². The fourth-order valence-electron chi connectivity index (χ4n) is 1.76. The van der Waals surface area contributed by atoms with Crippen molar-refractivity contribution < 1.29 is 9.47 Å². The van der Waals surface area contributed by atoms with Crippen molar-refractivity contribution in [1.82, 2.24) is 14.5 Å². The number of nitrogens with one attached hydrogen (secondary N) is 1. The van der Waals surface area contributed by atoms with Gasteiger partial charge in [0.2, 0.25) is 5.88 Å². The van der Waals surface area contributed by atoms with E-state index in [1.54, 1.807) is 13.2 Å². The van der Waals surface area contributed by atoms with E-state index in [1.165, 1.54) is 0 Å². The maximum Gasteiger partial charge on any atom is 0.215 e. The van der Waals surface area contributed by atoms with E-state index in [1.807, 2.05) is 16.7 Å². The zero-order valence-corrected chi connectivity index (χ0v) is 11.7. The minimum atomic E-state index is 0.572. The van der Waals surface area contributed by atoms with Gasteiger partial charge in [0.15, 0.2) is 10.4 Å². The van der Waals surface area contributed by atoms with Crippen LogP contribution in [-0.2, 0) is 11.3 Å². The quantitative estimate of drug-likeness (QED) is 0.481. The number of hydrogen-bond acceptors (Lipinski definition) is 4. The second-order valence-electron chi connectivity index (χ2n) is 4.00. The lowest BCUT2D eigenvalue weighted by Crippen LogP contribution is -2.07. The van der Waals surface area contributed by atoms with Crippen LogP contribution >= 0.6 is 12.2 Å².